The van der Waals surface area contributed by atoms with Crippen LogP contribution in [-0.4, -0.2) is 28.4 Å². The molecule has 0 fully saturated rings. The fraction of sp³-hybridized carbons (Fsp3) is 0.100. The first-order valence-electron chi connectivity index (χ1n) is 4.35. The first-order chi connectivity index (χ1) is 7.35. The van der Waals surface area contributed by atoms with Crippen molar-refractivity contribution >= 4 is 6.29 Å². The molecule has 0 radical (unpaired) electrons. The molecule has 1 aromatic heterocycles. The monoisotopic (exact) mass is 203 g/mol. The minimum Gasteiger partial charge on any atom is -0.497 e. The zero-order valence-corrected chi connectivity index (χ0v) is 8.12. The quantitative estimate of drug-likeness (QED) is 0.700. The maximum Gasteiger partial charge on any atom is 0.170 e. The lowest BCUT2D eigenvalue weighted by molar-refractivity contribution is 0.111. The van der Waals surface area contributed by atoms with Gasteiger partial charge in [-0.05, 0) is 24.3 Å². The number of aldehydes is 1. The van der Waals surface area contributed by atoms with Crippen LogP contribution in [0.5, 0.6) is 5.75 Å². The molecule has 5 nitrogen and oxygen atoms in total. The molecule has 2 aromatic rings. The largest absolute Gasteiger partial charge is 0.497 e. The van der Waals surface area contributed by atoms with E-state index in [0.29, 0.717) is 12.0 Å². The first-order valence-corrected chi connectivity index (χ1v) is 4.35. The summed E-state index contributed by atoms with van der Waals surface area (Å²) in [6, 6.07) is 7.21. The second-order valence-corrected chi connectivity index (χ2v) is 2.89. The van der Waals surface area contributed by atoms with Crippen LogP contribution in [0.3, 0.4) is 0 Å². The summed E-state index contributed by atoms with van der Waals surface area (Å²) in [5.41, 5.74) is 1.19. The number of ether oxygens (including phenoxy) is 1. The summed E-state index contributed by atoms with van der Waals surface area (Å²) in [7, 11) is 1.60. The molecular formula is C10H9N3O2. The molecule has 2 rings (SSSR count). The van der Waals surface area contributed by atoms with Gasteiger partial charge in [-0.2, -0.15) is 0 Å². The van der Waals surface area contributed by atoms with Gasteiger partial charge in [0, 0.05) is 0 Å². The number of carbonyl (C=O) groups excluding carboxylic acids is 1. The van der Waals surface area contributed by atoms with E-state index in [1.807, 2.05) is 0 Å². The van der Waals surface area contributed by atoms with Crippen molar-refractivity contribution < 1.29 is 9.53 Å². The fourth-order valence-electron chi connectivity index (χ4n) is 1.25. The summed E-state index contributed by atoms with van der Waals surface area (Å²) in [5, 5.41) is 7.47. The number of methoxy groups -OCH3 is 1. The van der Waals surface area contributed by atoms with Gasteiger partial charge in [-0.25, -0.2) is 4.68 Å². The van der Waals surface area contributed by atoms with E-state index in [9.17, 15) is 4.79 Å². The van der Waals surface area contributed by atoms with Gasteiger partial charge in [0.1, 0.15) is 11.4 Å². The molecule has 0 atom stereocenters. The minimum atomic E-state index is 0.417. The summed E-state index contributed by atoms with van der Waals surface area (Å²) < 4.78 is 6.49. The summed E-state index contributed by atoms with van der Waals surface area (Å²) in [6.45, 7) is 0. The predicted octanol–water partition coefficient (Wildman–Crippen LogP) is 1.09. The van der Waals surface area contributed by atoms with E-state index in [2.05, 4.69) is 10.3 Å². The predicted molar refractivity (Wildman–Crippen MR) is 53.3 cm³/mol. The Hall–Kier alpha value is -2.17. The summed E-state index contributed by atoms with van der Waals surface area (Å²) in [6.07, 6.45) is 2.13. The zero-order chi connectivity index (χ0) is 10.7. The highest BCUT2D eigenvalue weighted by molar-refractivity contribution is 5.72. The van der Waals surface area contributed by atoms with E-state index in [1.165, 1.54) is 10.9 Å². The normalized spacial score (nSPS) is 9.93. The molecule has 0 unspecified atom stereocenters. The van der Waals surface area contributed by atoms with Gasteiger partial charge in [-0.1, -0.05) is 5.21 Å². The Morgan fingerprint density at radius 1 is 1.33 bits per heavy atom. The molecule has 0 aliphatic rings. The van der Waals surface area contributed by atoms with E-state index in [4.69, 9.17) is 4.74 Å². The Bertz CT molecular complexity index is 462. The van der Waals surface area contributed by atoms with Gasteiger partial charge < -0.3 is 4.74 Å². The topological polar surface area (TPSA) is 57.0 Å². The lowest BCUT2D eigenvalue weighted by Gasteiger charge is -2.03. The SMILES string of the molecule is COc1ccc(-n2nncc2C=O)cc1. The van der Waals surface area contributed by atoms with Gasteiger partial charge in [-0.3, -0.25) is 4.79 Å². The Kier molecular flexibility index (Phi) is 2.45. The summed E-state index contributed by atoms with van der Waals surface area (Å²) in [4.78, 5) is 10.7. The van der Waals surface area contributed by atoms with Gasteiger partial charge in [0.25, 0.3) is 0 Å². The van der Waals surface area contributed by atoms with Crippen LogP contribution in [0, 0.1) is 0 Å². The van der Waals surface area contributed by atoms with E-state index in [-0.39, 0.29) is 0 Å². The smallest absolute Gasteiger partial charge is 0.170 e. The summed E-state index contributed by atoms with van der Waals surface area (Å²) >= 11 is 0. The third-order valence-corrected chi connectivity index (χ3v) is 2.01. The number of aromatic nitrogens is 3. The molecule has 0 bridgehead atoms. The van der Waals surface area contributed by atoms with E-state index in [1.54, 1.807) is 31.4 Å². The van der Waals surface area contributed by atoms with Crippen LogP contribution >= 0.6 is 0 Å². The lowest BCUT2D eigenvalue weighted by atomic mass is 10.3. The Morgan fingerprint density at radius 3 is 2.67 bits per heavy atom. The van der Waals surface area contributed by atoms with Crippen LogP contribution in [0.4, 0.5) is 0 Å². The van der Waals surface area contributed by atoms with E-state index in [0.717, 1.165) is 11.4 Å². The van der Waals surface area contributed by atoms with E-state index >= 15 is 0 Å². The zero-order valence-electron chi connectivity index (χ0n) is 8.12. The van der Waals surface area contributed by atoms with Gasteiger partial charge in [0.2, 0.25) is 0 Å². The van der Waals surface area contributed by atoms with Crippen molar-refractivity contribution in [2.75, 3.05) is 7.11 Å². The Morgan fingerprint density at radius 2 is 2.07 bits per heavy atom. The van der Waals surface area contributed by atoms with Crippen LogP contribution in [-0.2, 0) is 0 Å². The highest BCUT2D eigenvalue weighted by atomic mass is 16.5. The second kappa shape index (κ2) is 3.91. The number of rotatable bonds is 3. The lowest BCUT2D eigenvalue weighted by Crippen LogP contribution is -2.01. The molecular weight excluding hydrogens is 194 g/mol. The summed E-state index contributed by atoms with van der Waals surface area (Å²) in [5.74, 6) is 0.756. The van der Waals surface area contributed by atoms with Crippen LogP contribution in [0.15, 0.2) is 30.5 Å². The molecule has 0 aliphatic heterocycles. The molecule has 0 saturated carbocycles. The van der Waals surface area contributed by atoms with Gasteiger partial charge in [0.15, 0.2) is 6.29 Å². The average molecular weight is 203 g/mol. The van der Waals surface area contributed by atoms with Crippen LogP contribution < -0.4 is 4.74 Å². The van der Waals surface area contributed by atoms with Crippen molar-refractivity contribution in [2.24, 2.45) is 0 Å². The highest BCUT2D eigenvalue weighted by Crippen LogP contribution is 2.14. The number of benzene rings is 1. The van der Waals surface area contributed by atoms with E-state index < -0.39 is 0 Å². The van der Waals surface area contributed by atoms with Gasteiger partial charge >= 0.3 is 0 Å². The standard InChI is InChI=1S/C10H9N3O2/c1-15-10-4-2-8(3-5-10)13-9(7-14)6-11-12-13/h2-7H,1H3. The molecule has 0 saturated heterocycles. The molecule has 5 heteroatoms. The first kappa shape index (κ1) is 9.39. The molecule has 76 valence electrons. The third kappa shape index (κ3) is 1.71. The molecule has 0 N–H and O–H groups in total. The molecule has 1 heterocycles. The number of carbonyl (C=O) groups is 1. The Labute approximate surface area is 86.3 Å². The maximum absolute atomic E-state index is 10.7. The Balaban J connectivity index is 2.41. The molecule has 15 heavy (non-hydrogen) atoms. The van der Waals surface area contributed by atoms with Crippen molar-refractivity contribution in [3.63, 3.8) is 0 Å². The third-order valence-electron chi connectivity index (χ3n) is 2.01. The fourth-order valence-corrected chi connectivity index (χ4v) is 1.25. The highest BCUT2D eigenvalue weighted by Gasteiger charge is 2.04. The molecule has 0 amide bonds. The number of nitrogens with zero attached hydrogens (tertiary/aromatic N) is 3. The number of hydrogen-bond donors (Lipinski definition) is 0. The van der Waals surface area contributed by atoms with Crippen LogP contribution in [0.2, 0.25) is 0 Å². The van der Waals surface area contributed by atoms with Crippen molar-refractivity contribution in [3.05, 3.63) is 36.2 Å². The van der Waals surface area contributed by atoms with Crippen molar-refractivity contribution in [1.29, 1.82) is 0 Å². The number of hydrogen-bond acceptors (Lipinski definition) is 4. The van der Waals surface area contributed by atoms with Crippen LogP contribution in [0.25, 0.3) is 5.69 Å². The van der Waals surface area contributed by atoms with Crippen molar-refractivity contribution in [1.82, 2.24) is 15.0 Å². The molecule has 1 aromatic carbocycles. The maximum atomic E-state index is 10.7. The second-order valence-electron chi connectivity index (χ2n) is 2.89. The molecule has 0 aliphatic carbocycles. The molecule has 0 spiro atoms. The average Bonchev–Trinajstić information content (AvgIpc) is 2.77. The van der Waals surface area contributed by atoms with Crippen molar-refractivity contribution in [2.45, 2.75) is 0 Å². The van der Waals surface area contributed by atoms with Crippen molar-refractivity contribution in [3.8, 4) is 11.4 Å². The van der Waals surface area contributed by atoms with Gasteiger partial charge in [-0.15, -0.1) is 5.10 Å². The minimum absolute atomic E-state index is 0.417. The van der Waals surface area contributed by atoms with Crippen LogP contribution in [0.1, 0.15) is 10.5 Å². The van der Waals surface area contributed by atoms with Gasteiger partial charge in [0.05, 0.1) is 19.0 Å².